The summed E-state index contributed by atoms with van der Waals surface area (Å²) in [5.41, 5.74) is 3.80. The highest BCUT2D eigenvalue weighted by Crippen LogP contribution is 2.39. The lowest BCUT2D eigenvalue weighted by atomic mass is 9.88. The predicted molar refractivity (Wildman–Crippen MR) is 152 cm³/mol. The Balaban J connectivity index is 2.70. The van der Waals surface area contributed by atoms with Crippen LogP contribution in [0.5, 0.6) is 0 Å². The van der Waals surface area contributed by atoms with E-state index in [-0.39, 0.29) is 18.2 Å². The smallest absolute Gasteiger partial charge is 0.303 e. The number of hydrogen-bond acceptors (Lipinski definition) is 4. The van der Waals surface area contributed by atoms with E-state index >= 15 is 0 Å². The van der Waals surface area contributed by atoms with Crippen molar-refractivity contribution < 1.29 is 19.4 Å². The molecule has 1 rings (SSSR count). The largest absolute Gasteiger partial charge is 0.457 e. The van der Waals surface area contributed by atoms with Gasteiger partial charge in [0.1, 0.15) is 5.60 Å². The fourth-order valence-electron chi connectivity index (χ4n) is 4.91. The molecular weight excluding hydrogens is 448 g/mol. The summed E-state index contributed by atoms with van der Waals surface area (Å²) in [7, 11) is 0. The number of esters is 1. The van der Waals surface area contributed by atoms with Gasteiger partial charge in [-0.15, -0.1) is 0 Å². The molecule has 1 fully saturated rings. The Bertz CT molecular complexity index is 806. The first kappa shape index (κ1) is 32.4. The van der Waals surface area contributed by atoms with E-state index < -0.39 is 11.2 Å². The monoisotopic (exact) mass is 502 g/mol. The average Bonchev–Trinajstić information content (AvgIpc) is 3.25. The van der Waals surface area contributed by atoms with Gasteiger partial charge in [-0.3, -0.25) is 4.79 Å². The van der Waals surface area contributed by atoms with Crippen molar-refractivity contribution in [2.45, 2.75) is 150 Å². The number of carbonyl (C=O) groups is 1. The number of carbonyl (C=O) groups excluding carboxylic acids is 1. The summed E-state index contributed by atoms with van der Waals surface area (Å²) in [6.45, 7) is 18.2. The molecule has 0 aromatic carbocycles. The second kappa shape index (κ2) is 15.6. The number of aliphatic hydroxyl groups is 1. The van der Waals surface area contributed by atoms with Crippen LogP contribution in [0.4, 0.5) is 0 Å². The third kappa shape index (κ3) is 12.5. The Hall–Kier alpha value is -1.65. The minimum Gasteiger partial charge on any atom is -0.457 e. The Labute approximate surface area is 221 Å². The second-order valence-electron chi connectivity index (χ2n) is 11.8. The molecule has 1 aliphatic rings. The molecule has 4 heteroatoms. The third-order valence-corrected chi connectivity index (χ3v) is 7.23. The van der Waals surface area contributed by atoms with E-state index in [4.69, 9.17) is 9.47 Å². The summed E-state index contributed by atoms with van der Waals surface area (Å²) in [4.78, 5) is 12.0. The lowest BCUT2D eigenvalue weighted by Crippen LogP contribution is -2.46. The Morgan fingerprint density at radius 2 is 1.25 bits per heavy atom. The average molecular weight is 503 g/mol. The Morgan fingerprint density at radius 3 is 1.72 bits per heavy atom. The first-order chi connectivity index (χ1) is 16.7. The molecule has 0 unspecified atom stereocenters. The Morgan fingerprint density at radius 1 is 0.778 bits per heavy atom. The van der Waals surface area contributed by atoms with Crippen LogP contribution >= 0.6 is 0 Å². The van der Waals surface area contributed by atoms with Crippen LogP contribution in [0.2, 0.25) is 0 Å². The highest BCUT2D eigenvalue weighted by Gasteiger charge is 2.47. The van der Waals surface area contributed by atoms with Gasteiger partial charge < -0.3 is 14.6 Å². The highest BCUT2D eigenvalue weighted by molar-refractivity contribution is 5.66. The zero-order chi connectivity index (χ0) is 27.4. The van der Waals surface area contributed by atoms with Crippen LogP contribution in [-0.2, 0) is 14.3 Å². The summed E-state index contributed by atoms with van der Waals surface area (Å²) in [6.07, 6.45) is 17.4. The number of allylic oxidation sites excluding steroid dienone is 8. The van der Waals surface area contributed by atoms with Crippen LogP contribution in [0, 0.1) is 0 Å². The van der Waals surface area contributed by atoms with Crippen molar-refractivity contribution in [2.24, 2.45) is 0 Å². The maximum absolute atomic E-state index is 12.0. The predicted octanol–water partition coefficient (Wildman–Crippen LogP) is 8.55. The van der Waals surface area contributed by atoms with Gasteiger partial charge >= 0.3 is 5.97 Å². The molecule has 4 nitrogen and oxygen atoms in total. The molecule has 0 aliphatic carbocycles. The van der Waals surface area contributed by atoms with E-state index in [9.17, 15) is 9.90 Å². The first-order valence-corrected chi connectivity index (χ1v) is 13.9. The van der Waals surface area contributed by atoms with Crippen molar-refractivity contribution in [1.82, 2.24) is 0 Å². The van der Waals surface area contributed by atoms with Crippen molar-refractivity contribution in [3.05, 3.63) is 46.6 Å². The summed E-state index contributed by atoms with van der Waals surface area (Å²) in [5.74, 6) is -0.283. The van der Waals surface area contributed by atoms with E-state index in [0.29, 0.717) is 12.8 Å². The lowest BCUT2D eigenvalue weighted by molar-refractivity contribution is -0.182. The molecule has 1 saturated heterocycles. The zero-order valence-electron chi connectivity index (χ0n) is 24.7. The molecule has 0 bridgehead atoms. The quantitative estimate of drug-likeness (QED) is 0.180. The lowest BCUT2D eigenvalue weighted by Gasteiger charge is -2.36. The molecule has 0 amide bonds. The van der Waals surface area contributed by atoms with Gasteiger partial charge in [-0.2, -0.15) is 0 Å². The van der Waals surface area contributed by atoms with Gasteiger partial charge in [-0.1, -0.05) is 46.6 Å². The van der Waals surface area contributed by atoms with Gasteiger partial charge in [0.15, 0.2) is 0 Å². The maximum Gasteiger partial charge on any atom is 0.303 e. The van der Waals surface area contributed by atoms with E-state index in [2.05, 4.69) is 65.8 Å². The van der Waals surface area contributed by atoms with Crippen molar-refractivity contribution in [3.8, 4) is 0 Å². The number of ether oxygens (including phenoxy) is 2. The molecule has 4 atom stereocenters. The molecule has 1 heterocycles. The van der Waals surface area contributed by atoms with Crippen LogP contribution in [0.15, 0.2) is 46.6 Å². The van der Waals surface area contributed by atoms with E-state index in [1.165, 1.54) is 29.2 Å². The standard InChI is InChI=1S/C32H54O4/c1-24(2)14-10-16-26(5)18-12-22-31(8,34)29-20-21-30(35-29)32(9,36-28(7)33)23-13-19-27(6)17-11-15-25(3)4/h14-15,18-19,29-30,34H,10-13,16-17,20-23H2,1-9H3/b26-18+,27-19+/t29-,30-,31+,32+/m1/s1. The fraction of sp³-hybridized carbons (Fsp3) is 0.719. The molecular formula is C32H54O4. The molecule has 0 spiro atoms. The summed E-state index contributed by atoms with van der Waals surface area (Å²) >= 11 is 0. The van der Waals surface area contributed by atoms with Gasteiger partial charge in [-0.05, 0) is 120 Å². The van der Waals surface area contributed by atoms with Crippen molar-refractivity contribution in [3.63, 3.8) is 0 Å². The zero-order valence-corrected chi connectivity index (χ0v) is 24.7. The maximum atomic E-state index is 12.0. The summed E-state index contributed by atoms with van der Waals surface area (Å²) in [5, 5.41) is 11.2. The molecule has 1 aliphatic heterocycles. The van der Waals surface area contributed by atoms with Gasteiger partial charge in [0.05, 0.1) is 17.8 Å². The Kier molecular flexibility index (Phi) is 14.0. The summed E-state index contributed by atoms with van der Waals surface area (Å²) < 4.78 is 12.3. The van der Waals surface area contributed by atoms with Crippen LogP contribution in [0.25, 0.3) is 0 Å². The van der Waals surface area contributed by atoms with Crippen LogP contribution in [0.3, 0.4) is 0 Å². The van der Waals surface area contributed by atoms with E-state index in [0.717, 1.165) is 51.4 Å². The van der Waals surface area contributed by atoms with Gasteiger partial charge in [0, 0.05) is 6.92 Å². The molecule has 206 valence electrons. The first-order valence-electron chi connectivity index (χ1n) is 13.9. The van der Waals surface area contributed by atoms with E-state index in [1.807, 2.05) is 13.8 Å². The summed E-state index contributed by atoms with van der Waals surface area (Å²) in [6, 6.07) is 0. The second-order valence-corrected chi connectivity index (χ2v) is 11.8. The fourth-order valence-corrected chi connectivity index (χ4v) is 4.91. The van der Waals surface area contributed by atoms with Crippen molar-refractivity contribution in [1.29, 1.82) is 0 Å². The van der Waals surface area contributed by atoms with Crippen molar-refractivity contribution in [2.75, 3.05) is 0 Å². The normalized spacial score (nSPS) is 21.9. The minimum absolute atomic E-state index is 0.210. The molecule has 0 aromatic rings. The SMILES string of the molecule is CC(=O)O[C@@](C)(CC/C=C(\C)CCC=C(C)C)[C@H]1CC[C@H]([C@@](C)(O)CC/C=C(\C)CCC=C(C)C)O1. The van der Waals surface area contributed by atoms with Crippen LogP contribution < -0.4 is 0 Å². The van der Waals surface area contributed by atoms with Gasteiger partial charge in [-0.25, -0.2) is 0 Å². The van der Waals surface area contributed by atoms with Crippen LogP contribution in [-0.4, -0.2) is 34.5 Å². The molecule has 0 saturated carbocycles. The van der Waals surface area contributed by atoms with Crippen LogP contribution in [0.1, 0.15) is 127 Å². The van der Waals surface area contributed by atoms with Crippen molar-refractivity contribution >= 4 is 5.97 Å². The third-order valence-electron chi connectivity index (χ3n) is 7.23. The van der Waals surface area contributed by atoms with Gasteiger partial charge in [0.2, 0.25) is 0 Å². The highest BCUT2D eigenvalue weighted by atomic mass is 16.6. The molecule has 36 heavy (non-hydrogen) atoms. The van der Waals surface area contributed by atoms with E-state index in [1.54, 1.807) is 0 Å². The molecule has 0 radical (unpaired) electrons. The molecule has 0 aromatic heterocycles. The molecule has 1 N–H and O–H groups in total. The topological polar surface area (TPSA) is 55.8 Å². The van der Waals surface area contributed by atoms with Gasteiger partial charge in [0.25, 0.3) is 0 Å². The number of hydrogen-bond donors (Lipinski definition) is 1. The number of rotatable bonds is 15. The minimum atomic E-state index is -0.913.